The first-order chi connectivity index (χ1) is 28.5. The minimum absolute atomic E-state index is 0.0394. The third-order valence-corrected chi connectivity index (χ3v) is 11.1. The van der Waals surface area contributed by atoms with E-state index in [0.29, 0.717) is 19.4 Å². The van der Waals surface area contributed by atoms with Gasteiger partial charge in [0, 0.05) is 12.8 Å². The maximum Gasteiger partial charge on any atom is 0.305 e. The van der Waals surface area contributed by atoms with Gasteiger partial charge in [0.05, 0.1) is 25.4 Å². The molecule has 6 heteroatoms. The predicted molar refractivity (Wildman–Crippen MR) is 250 cm³/mol. The lowest BCUT2D eigenvalue weighted by molar-refractivity contribution is -0.143. The van der Waals surface area contributed by atoms with Crippen molar-refractivity contribution in [1.82, 2.24) is 5.32 Å². The van der Waals surface area contributed by atoms with Crippen LogP contribution in [0.25, 0.3) is 0 Å². The molecule has 0 heterocycles. The maximum absolute atomic E-state index is 12.4. The largest absolute Gasteiger partial charge is 0.466 e. The summed E-state index contributed by atoms with van der Waals surface area (Å²) in [6.45, 7) is 4.79. The zero-order chi connectivity index (χ0) is 42.3. The van der Waals surface area contributed by atoms with Gasteiger partial charge in [0.15, 0.2) is 0 Å². The molecule has 0 saturated heterocycles. The number of carbonyl (C=O) groups excluding carboxylic acids is 2. The Kier molecular flexibility index (Phi) is 45.7. The van der Waals surface area contributed by atoms with Gasteiger partial charge in [0.2, 0.25) is 5.91 Å². The molecule has 0 saturated carbocycles. The monoisotopic (exact) mass is 814 g/mol. The molecular formula is C52H95NO5. The van der Waals surface area contributed by atoms with E-state index in [1.165, 1.54) is 116 Å². The highest BCUT2D eigenvalue weighted by molar-refractivity contribution is 5.76. The predicted octanol–water partition coefficient (Wildman–Crippen LogP) is 14.7. The minimum atomic E-state index is -0.861. The lowest BCUT2D eigenvalue weighted by Crippen LogP contribution is -2.45. The van der Waals surface area contributed by atoms with E-state index < -0.39 is 12.1 Å². The number of aliphatic hydroxyl groups excluding tert-OH is 2. The molecule has 2 atom stereocenters. The fraction of sp³-hybridized carbons (Fsp3) is 0.808. The van der Waals surface area contributed by atoms with E-state index in [-0.39, 0.29) is 18.5 Å². The standard InChI is InChI=1S/C52H95NO5/c1-3-5-7-9-11-13-15-17-19-21-26-30-34-38-42-46-52(57)58-47-43-39-35-31-27-23-22-25-29-33-37-41-45-51(56)53-49(48-54)50(55)44-40-36-32-28-24-20-18-16-14-12-10-8-6-4-2/h11,13,17,19,23,27,40,44,49-50,54-55H,3-10,12,14-16,18,20-22,24-26,28-39,41-43,45-48H2,1-2H3,(H,53,56)/b13-11-,19-17-,27-23-,44-40+. The number of hydrogen-bond donors (Lipinski definition) is 3. The van der Waals surface area contributed by atoms with Crippen molar-refractivity contribution in [2.75, 3.05) is 13.2 Å². The highest BCUT2D eigenvalue weighted by Gasteiger charge is 2.18. The first-order valence-corrected chi connectivity index (χ1v) is 24.9. The van der Waals surface area contributed by atoms with Gasteiger partial charge in [-0.1, -0.05) is 184 Å². The van der Waals surface area contributed by atoms with Gasteiger partial charge < -0.3 is 20.3 Å². The molecule has 0 aromatic rings. The van der Waals surface area contributed by atoms with E-state index >= 15 is 0 Å². The van der Waals surface area contributed by atoms with Crippen LogP contribution in [0.3, 0.4) is 0 Å². The molecule has 0 aromatic heterocycles. The van der Waals surface area contributed by atoms with Crippen LogP contribution in [0, 0.1) is 0 Å². The van der Waals surface area contributed by atoms with Crippen LogP contribution in [-0.2, 0) is 14.3 Å². The third kappa shape index (κ3) is 43.4. The molecular weight excluding hydrogens is 719 g/mol. The normalized spacial score (nSPS) is 13.1. The van der Waals surface area contributed by atoms with Gasteiger partial charge in [-0.2, -0.15) is 0 Å². The van der Waals surface area contributed by atoms with Crippen LogP contribution >= 0.6 is 0 Å². The van der Waals surface area contributed by atoms with E-state index in [2.05, 4.69) is 55.6 Å². The Bertz CT molecular complexity index is 988. The molecule has 0 rings (SSSR count). The summed E-state index contributed by atoms with van der Waals surface area (Å²) in [4.78, 5) is 24.4. The molecule has 0 spiro atoms. The lowest BCUT2D eigenvalue weighted by Gasteiger charge is -2.20. The average molecular weight is 814 g/mol. The summed E-state index contributed by atoms with van der Waals surface area (Å²) in [7, 11) is 0. The fourth-order valence-electron chi connectivity index (χ4n) is 7.18. The molecule has 0 bridgehead atoms. The highest BCUT2D eigenvalue weighted by atomic mass is 16.5. The van der Waals surface area contributed by atoms with E-state index in [9.17, 15) is 19.8 Å². The Morgan fingerprint density at radius 1 is 0.483 bits per heavy atom. The van der Waals surface area contributed by atoms with Crippen LogP contribution in [0.2, 0.25) is 0 Å². The molecule has 0 aromatic carbocycles. The molecule has 0 aliphatic heterocycles. The fourth-order valence-corrected chi connectivity index (χ4v) is 7.18. The van der Waals surface area contributed by atoms with Crippen molar-refractivity contribution in [3.63, 3.8) is 0 Å². The topological polar surface area (TPSA) is 95.9 Å². The number of esters is 1. The second-order valence-electron chi connectivity index (χ2n) is 16.8. The number of allylic oxidation sites excluding steroid dienone is 7. The van der Waals surface area contributed by atoms with Crippen molar-refractivity contribution in [2.24, 2.45) is 0 Å². The summed E-state index contributed by atoms with van der Waals surface area (Å²) in [5.74, 6) is -0.136. The first-order valence-electron chi connectivity index (χ1n) is 24.9. The molecule has 338 valence electrons. The Balaban J connectivity index is 3.57. The maximum atomic E-state index is 12.4. The Morgan fingerprint density at radius 3 is 1.36 bits per heavy atom. The Hall–Kier alpha value is -2.18. The van der Waals surface area contributed by atoms with Crippen LogP contribution in [0.4, 0.5) is 0 Å². The first kappa shape index (κ1) is 55.8. The molecule has 0 aliphatic carbocycles. The molecule has 0 radical (unpaired) electrons. The van der Waals surface area contributed by atoms with Crippen molar-refractivity contribution < 1.29 is 24.5 Å². The number of amides is 1. The van der Waals surface area contributed by atoms with Crippen LogP contribution in [0.1, 0.15) is 245 Å². The van der Waals surface area contributed by atoms with E-state index in [1.54, 1.807) is 6.08 Å². The molecule has 58 heavy (non-hydrogen) atoms. The van der Waals surface area contributed by atoms with Gasteiger partial charge in [-0.25, -0.2) is 0 Å². The van der Waals surface area contributed by atoms with Crippen molar-refractivity contribution >= 4 is 11.9 Å². The van der Waals surface area contributed by atoms with Crippen molar-refractivity contribution in [3.05, 3.63) is 48.6 Å². The zero-order valence-electron chi connectivity index (χ0n) is 38.3. The van der Waals surface area contributed by atoms with Gasteiger partial charge in [0.25, 0.3) is 0 Å². The van der Waals surface area contributed by atoms with E-state index in [1.807, 2.05) is 6.08 Å². The summed E-state index contributed by atoms with van der Waals surface area (Å²) >= 11 is 0. The molecule has 3 N–H and O–H groups in total. The summed E-state index contributed by atoms with van der Waals surface area (Å²) in [5, 5.41) is 23.0. The van der Waals surface area contributed by atoms with Crippen molar-refractivity contribution in [3.8, 4) is 0 Å². The van der Waals surface area contributed by atoms with Crippen LogP contribution in [0.5, 0.6) is 0 Å². The number of hydrogen-bond acceptors (Lipinski definition) is 5. The van der Waals surface area contributed by atoms with Gasteiger partial charge in [-0.15, -0.1) is 0 Å². The highest BCUT2D eigenvalue weighted by Crippen LogP contribution is 2.14. The number of unbranched alkanes of at least 4 members (excludes halogenated alkanes) is 28. The number of ether oxygens (including phenoxy) is 1. The molecule has 6 nitrogen and oxygen atoms in total. The van der Waals surface area contributed by atoms with E-state index in [4.69, 9.17) is 4.74 Å². The number of aliphatic hydroxyl groups is 2. The minimum Gasteiger partial charge on any atom is -0.466 e. The van der Waals surface area contributed by atoms with Crippen LogP contribution < -0.4 is 5.32 Å². The summed E-state index contributed by atoms with van der Waals surface area (Å²) < 4.78 is 5.43. The number of nitrogens with one attached hydrogen (secondary N) is 1. The summed E-state index contributed by atoms with van der Waals surface area (Å²) in [6, 6.07) is -0.647. The lowest BCUT2D eigenvalue weighted by atomic mass is 10.0. The Morgan fingerprint density at radius 2 is 0.862 bits per heavy atom. The molecule has 0 aliphatic rings. The van der Waals surface area contributed by atoms with Gasteiger partial charge >= 0.3 is 5.97 Å². The van der Waals surface area contributed by atoms with Crippen molar-refractivity contribution in [2.45, 2.75) is 257 Å². The van der Waals surface area contributed by atoms with Gasteiger partial charge in [0.1, 0.15) is 0 Å². The summed E-state index contributed by atoms with van der Waals surface area (Å²) in [5.41, 5.74) is 0. The Labute approximate surface area is 359 Å². The van der Waals surface area contributed by atoms with Gasteiger partial charge in [-0.05, 0) is 96.3 Å². The van der Waals surface area contributed by atoms with Gasteiger partial charge in [-0.3, -0.25) is 9.59 Å². The quantitative estimate of drug-likeness (QED) is 0.0323. The second kappa shape index (κ2) is 47.5. The third-order valence-electron chi connectivity index (χ3n) is 11.1. The number of rotatable bonds is 45. The molecule has 0 fully saturated rings. The van der Waals surface area contributed by atoms with Crippen LogP contribution in [-0.4, -0.2) is 47.4 Å². The van der Waals surface area contributed by atoms with Crippen molar-refractivity contribution in [1.29, 1.82) is 0 Å². The number of carbonyl (C=O) groups is 2. The van der Waals surface area contributed by atoms with Crippen LogP contribution in [0.15, 0.2) is 48.6 Å². The summed E-state index contributed by atoms with van der Waals surface area (Å²) in [6.07, 6.45) is 58.1. The molecule has 1 amide bonds. The average Bonchev–Trinajstić information content (AvgIpc) is 3.22. The zero-order valence-corrected chi connectivity index (χ0v) is 38.3. The second-order valence-corrected chi connectivity index (χ2v) is 16.8. The van der Waals surface area contributed by atoms with E-state index in [0.717, 1.165) is 103 Å². The smallest absolute Gasteiger partial charge is 0.305 e. The molecule has 2 unspecified atom stereocenters. The SMILES string of the molecule is CCCCC/C=C\C/C=C\CCCCCCCC(=O)OCCCCC/C=C\CCCCCCCC(=O)NC(CO)C(O)/C=C/CCCCCCCCCCCCCC.